The third-order valence-electron chi connectivity index (χ3n) is 3.24. The van der Waals surface area contributed by atoms with Crippen LogP contribution in [0.15, 0.2) is 39.4 Å². The second-order valence-corrected chi connectivity index (χ2v) is 8.22. The fourth-order valence-corrected chi connectivity index (χ4v) is 2.57. The zero-order valence-electron chi connectivity index (χ0n) is 13.5. The summed E-state index contributed by atoms with van der Waals surface area (Å²) < 4.78 is 22.7. The topological polar surface area (TPSA) is 73.3 Å². The van der Waals surface area contributed by atoms with Gasteiger partial charge in [-0.25, -0.2) is 4.21 Å². The molecule has 0 aliphatic heterocycles. The number of fused-ring (bicyclic) bond motifs is 1. The second-order valence-electron chi connectivity index (χ2n) is 6.29. The standard InChI is InChI=1S/C16H18N4O2S/c1-16(2,3)23(21)17-9-13-8-15(22-19-13)11-5-6-14-12(7-11)10-20(4)18-14/h5-10H,1-4H3/b17-9+/t23-/m0/s1. The molecule has 0 saturated carbocycles. The first-order valence-electron chi connectivity index (χ1n) is 7.19. The fraction of sp³-hybridized carbons (Fsp3) is 0.312. The average molecular weight is 330 g/mol. The first kappa shape index (κ1) is 15.6. The Morgan fingerprint density at radius 2 is 2.09 bits per heavy atom. The lowest BCUT2D eigenvalue weighted by Crippen LogP contribution is -2.19. The van der Waals surface area contributed by atoms with E-state index in [4.69, 9.17) is 4.52 Å². The molecule has 0 unspecified atom stereocenters. The summed E-state index contributed by atoms with van der Waals surface area (Å²) in [6.45, 7) is 5.62. The van der Waals surface area contributed by atoms with Crippen LogP contribution in [-0.4, -0.2) is 30.1 Å². The van der Waals surface area contributed by atoms with Gasteiger partial charge in [-0.15, -0.1) is 0 Å². The summed E-state index contributed by atoms with van der Waals surface area (Å²) in [5.74, 6) is 0.638. The molecule has 0 radical (unpaired) electrons. The minimum atomic E-state index is -1.31. The minimum absolute atomic E-state index is 0.394. The zero-order valence-corrected chi connectivity index (χ0v) is 14.3. The van der Waals surface area contributed by atoms with E-state index in [0.29, 0.717) is 11.5 Å². The van der Waals surface area contributed by atoms with Crippen LogP contribution in [0.25, 0.3) is 22.2 Å². The molecule has 2 aromatic heterocycles. The highest BCUT2D eigenvalue weighted by atomic mass is 32.2. The van der Waals surface area contributed by atoms with Gasteiger partial charge in [0.1, 0.15) is 16.7 Å². The number of benzene rings is 1. The first-order valence-corrected chi connectivity index (χ1v) is 8.30. The third kappa shape index (κ3) is 3.39. The average Bonchev–Trinajstić information content (AvgIpc) is 3.07. The van der Waals surface area contributed by atoms with Gasteiger partial charge >= 0.3 is 0 Å². The van der Waals surface area contributed by atoms with Crippen LogP contribution < -0.4 is 0 Å². The van der Waals surface area contributed by atoms with E-state index in [9.17, 15) is 4.21 Å². The predicted molar refractivity (Wildman–Crippen MR) is 91.7 cm³/mol. The van der Waals surface area contributed by atoms with Gasteiger partial charge in [0.25, 0.3) is 0 Å². The molecule has 0 spiro atoms. The third-order valence-corrected chi connectivity index (χ3v) is 4.58. The molecule has 7 heteroatoms. The Balaban J connectivity index is 1.85. The molecule has 23 heavy (non-hydrogen) atoms. The van der Waals surface area contributed by atoms with Crippen LogP contribution in [0.1, 0.15) is 26.5 Å². The minimum Gasteiger partial charge on any atom is -0.356 e. The molecule has 1 aromatic carbocycles. The van der Waals surface area contributed by atoms with Crippen LogP contribution in [-0.2, 0) is 18.0 Å². The van der Waals surface area contributed by atoms with Crippen molar-refractivity contribution in [2.75, 3.05) is 0 Å². The summed E-state index contributed by atoms with van der Waals surface area (Å²) in [5.41, 5.74) is 2.39. The summed E-state index contributed by atoms with van der Waals surface area (Å²) in [6.07, 6.45) is 3.43. The highest BCUT2D eigenvalue weighted by Gasteiger charge is 2.18. The summed E-state index contributed by atoms with van der Waals surface area (Å²) in [6, 6.07) is 7.65. The SMILES string of the molecule is Cn1cc2cc(-c3cc(/C=N/[S@@](=O)C(C)(C)C)no3)ccc2n1. The Hall–Kier alpha value is -2.28. The zero-order chi connectivity index (χ0) is 16.6. The molecule has 0 aliphatic carbocycles. The molecule has 6 nitrogen and oxygen atoms in total. The molecular formula is C16H18N4O2S. The van der Waals surface area contributed by atoms with Crippen molar-refractivity contribution in [2.24, 2.45) is 11.4 Å². The number of hydrogen-bond donors (Lipinski definition) is 0. The lowest BCUT2D eigenvalue weighted by molar-refractivity contribution is 0.431. The van der Waals surface area contributed by atoms with Gasteiger partial charge in [-0.2, -0.15) is 9.50 Å². The maximum atomic E-state index is 11.9. The smallest absolute Gasteiger partial charge is 0.167 e. The van der Waals surface area contributed by atoms with Crippen molar-refractivity contribution in [3.63, 3.8) is 0 Å². The van der Waals surface area contributed by atoms with Crippen LogP contribution in [0.3, 0.4) is 0 Å². The summed E-state index contributed by atoms with van der Waals surface area (Å²) >= 11 is 0. The predicted octanol–water partition coefficient (Wildman–Crippen LogP) is 3.11. The van der Waals surface area contributed by atoms with Gasteiger partial charge in [0.05, 0.1) is 16.5 Å². The van der Waals surface area contributed by atoms with Crippen LogP contribution in [0.5, 0.6) is 0 Å². The Morgan fingerprint density at radius 1 is 1.30 bits per heavy atom. The van der Waals surface area contributed by atoms with Crippen LogP contribution >= 0.6 is 0 Å². The highest BCUT2D eigenvalue weighted by molar-refractivity contribution is 7.85. The number of aryl methyl sites for hydroxylation is 1. The monoisotopic (exact) mass is 330 g/mol. The van der Waals surface area contributed by atoms with Crippen molar-refractivity contribution < 1.29 is 8.73 Å². The molecule has 0 fully saturated rings. The van der Waals surface area contributed by atoms with Gasteiger partial charge in [-0.05, 0) is 39.0 Å². The van der Waals surface area contributed by atoms with Gasteiger partial charge in [0.2, 0.25) is 0 Å². The van der Waals surface area contributed by atoms with E-state index in [1.54, 1.807) is 10.7 Å². The largest absolute Gasteiger partial charge is 0.356 e. The quantitative estimate of drug-likeness (QED) is 0.692. The van der Waals surface area contributed by atoms with E-state index in [-0.39, 0.29) is 0 Å². The summed E-state index contributed by atoms with van der Waals surface area (Å²) in [7, 11) is 0.575. The van der Waals surface area contributed by atoms with Crippen molar-refractivity contribution >= 4 is 28.1 Å². The Kier molecular flexibility index (Phi) is 3.89. The van der Waals surface area contributed by atoms with Gasteiger partial charge < -0.3 is 4.52 Å². The van der Waals surface area contributed by atoms with Gasteiger partial charge in [-0.1, -0.05) is 5.16 Å². The van der Waals surface area contributed by atoms with Crippen LogP contribution in [0.4, 0.5) is 0 Å². The molecule has 0 amide bonds. The molecule has 0 bridgehead atoms. The van der Waals surface area contributed by atoms with E-state index in [1.165, 1.54) is 6.21 Å². The van der Waals surface area contributed by atoms with Crippen molar-refractivity contribution in [1.29, 1.82) is 0 Å². The highest BCUT2D eigenvalue weighted by Crippen LogP contribution is 2.24. The van der Waals surface area contributed by atoms with Crippen LogP contribution in [0, 0.1) is 0 Å². The number of nitrogens with zero attached hydrogens (tertiary/aromatic N) is 4. The molecule has 0 aliphatic rings. The van der Waals surface area contributed by atoms with Crippen molar-refractivity contribution in [3.8, 4) is 11.3 Å². The van der Waals surface area contributed by atoms with Crippen molar-refractivity contribution in [1.82, 2.24) is 14.9 Å². The normalized spacial score (nSPS) is 13.9. The molecule has 120 valence electrons. The molecule has 1 atom stereocenters. The Bertz CT molecular complexity index is 902. The Labute approximate surface area is 136 Å². The molecule has 0 saturated heterocycles. The molecule has 3 aromatic rings. The molecule has 3 rings (SSSR count). The van der Waals surface area contributed by atoms with E-state index in [0.717, 1.165) is 16.5 Å². The number of hydrogen-bond acceptors (Lipinski definition) is 4. The van der Waals surface area contributed by atoms with Crippen LogP contribution in [0.2, 0.25) is 0 Å². The van der Waals surface area contributed by atoms with Gasteiger partial charge in [-0.3, -0.25) is 4.68 Å². The van der Waals surface area contributed by atoms with E-state index in [1.807, 2.05) is 52.2 Å². The van der Waals surface area contributed by atoms with E-state index in [2.05, 4.69) is 14.7 Å². The molecular weight excluding hydrogens is 312 g/mol. The van der Waals surface area contributed by atoms with Crippen molar-refractivity contribution in [2.45, 2.75) is 25.5 Å². The number of rotatable bonds is 3. The maximum Gasteiger partial charge on any atom is 0.167 e. The lowest BCUT2D eigenvalue weighted by atomic mass is 10.1. The fourth-order valence-electron chi connectivity index (χ4n) is 2.05. The summed E-state index contributed by atoms with van der Waals surface area (Å²) in [5, 5.41) is 9.33. The maximum absolute atomic E-state index is 11.9. The van der Waals surface area contributed by atoms with E-state index >= 15 is 0 Å². The Morgan fingerprint density at radius 3 is 2.83 bits per heavy atom. The lowest BCUT2D eigenvalue weighted by Gasteiger charge is -2.12. The molecule has 0 N–H and O–H groups in total. The second kappa shape index (κ2) is 5.73. The summed E-state index contributed by atoms with van der Waals surface area (Å²) in [4.78, 5) is 0. The van der Waals surface area contributed by atoms with Crippen molar-refractivity contribution in [3.05, 3.63) is 36.2 Å². The first-order chi connectivity index (χ1) is 10.8. The number of aromatic nitrogens is 3. The van der Waals surface area contributed by atoms with Gasteiger partial charge in [0.15, 0.2) is 5.76 Å². The van der Waals surface area contributed by atoms with Gasteiger partial charge in [0, 0.05) is 30.3 Å². The molecule has 2 heterocycles. The van der Waals surface area contributed by atoms with E-state index < -0.39 is 15.7 Å².